The molecular formula is C13H21N3OS. The van der Waals surface area contributed by atoms with E-state index in [9.17, 15) is 0 Å². The van der Waals surface area contributed by atoms with E-state index in [1.165, 1.54) is 0 Å². The summed E-state index contributed by atoms with van der Waals surface area (Å²) in [4.78, 5) is 5.67. The van der Waals surface area contributed by atoms with Gasteiger partial charge in [-0.05, 0) is 13.0 Å². The van der Waals surface area contributed by atoms with Crippen molar-refractivity contribution in [3.05, 3.63) is 23.5 Å². The lowest BCUT2D eigenvalue weighted by Crippen LogP contribution is -2.35. The molecule has 0 spiro atoms. The summed E-state index contributed by atoms with van der Waals surface area (Å²) < 4.78 is 7.71. The third-order valence-corrected chi connectivity index (χ3v) is 3.53. The van der Waals surface area contributed by atoms with Gasteiger partial charge in [-0.1, -0.05) is 13.8 Å². The zero-order valence-corrected chi connectivity index (χ0v) is 11.9. The molecule has 2 aromatic heterocycles. The fraction of sp³-hybridized carbons (Fsp3) is 0.615. The molecular weight excluding hydrogens is 246 g/mol. The number of rotatable bonds is 8. The normalized spacial score (nSPS) is 13.2. The molecule has 0 radical (unpaired) electrons. The maximum atomic E-state index is 5.63. The number of imidazole rings is 1. The SMILES string of the molecule is CCCOCC(Cc1cn2ccsc2n1)NCC. The molecule has 1 unspecified atom stereocenters. The average Bonchev–Trinajstić information content (AvgIpc) is 2.90. The van der Waals surface area contributed by atoms with Gasteiger partial charge in [0.1, 0.15) is 0 Å². The van der Waals surface area contributed by atoms with E-state index in [4.69, 9.17) is 4.74 Å². The van der Waals surface area contributed by atoms with Crippen LogP contribution in [0.15, 0.2) is 17.8 Å². The summed E-state index contributed by atoms with van der Waals surface area (Å²) in [7, 11) is 0. The molecule has 0 aromatic carbocycles. The summed E-state index contributed by atoms with van der Waals surface area (Å²) in [5, 5.41) is 5.51. The minimum Gasteiger partial charge on any atom is -0.380 e. The van der Waals surface area contributed by atoms with Gasteiger partial charge in [-0.25, -0.2) is 4.98 Å². The maximum absolute atomic E-state index is 5.63. The van der Waals surface area contributed by atoms with Crippen LogP contribution in [0.3, 0.4) is 0 Å². The molecule has 5 heteroatoms. The van der Waals surface area contributed by atoms with E-state index in [0.717, 1.165) is 43.3 Å². The third kappa shape index (κ3) is 3.54. The van der Waals surface area contributed by atoms with Crippen LogP contribution in [-0.2, 0) is 11.2 Å². The molecule has 18 heavy (non-hydrogen) atoms. The molecule has 2 rings (SSSR count). The van der Waals surface area contributed by atoms with Gasteiger partial charge in [0.05, 0.1) is 12.3 Å². The molecule has 0 saturated heterocycles. The molecule has 4 nitrogen and oxygen atoms in total. The van der Waals surface area contributed by atoms with Crippen molar-refractivity contribution in [2.45, 2.75) is 32.7 Å². The molecule has 2 aromatic rings. The highest BCUT2D eigenvalue weighted by atomic mass is 32.1. The first kappa shape index (κ1) is 13.5. The highest BCUT2D eigenvalue weighted by Gasteiger charge is 2.11. The van der Waals surface area contributed by atoms with E-state index in [1.807, 2.05) is 6.20 Å². The van der Waals surface area contributed by atoms with Gasteiger partial charge in [0.2, 0.25) is 0 Å². The second-order valence-corrected chi connectivity index (χ2v) is 5.23. The lowest BCUT2D eigenvalue weighted by atomic mass is 10.2. The Bertz CT molecular complexity index is 437. The minimum atomic E-state index is 0.353. The Kier molecular flexibility index (Phi) is 5.16. The molecule has 0 amide bonds. The molecule has 1 atom stereocenters. The van der Waals surface area contributed by atoms with Crippen molar-refractivity contribution in [2.24, 2.45) is 0 Å². The van der Waals surface area contributed by atoms with Crippen LogP contribution in [-0.4, -0.2) is 35.2 Å². The minimum absolute atomic E-state index is 0.353. The Labute approximate surface area is 112 Å². The molecule has 2 heterocycles. The van der Waals surface area contributed by atoms with Gasteiger partial charge in [-0.2, -0.15) is 0 Å². The molecule has 100 valence electrons. The average molecular weight is 267 g/mol. The number of thiazole rings is 1. The van der Waals surface area contributed by atoms with E-state index in [-0.39, 0.29) is 0 Å². The van der Waals surface area contributed by atoms with Crippen molar-refractivity contribution in [3.63, 3.8) is 0 Å². The van der Waals surface area contributed by atoms with E-state index < -0.39 is 0 Å². The van der Waals surface area contributed by atoms with Crippen LogP contribution in [0.4, 0.5) is 0 Å². The molecule has 0 aliphatic carbocycles. The van der Waals surface area contributed by atoms with Crippen LogP contribution in [0.1, 0.15) is 26.0 Å². The largest absolute Gasteiger partial charge is 0.380 e. The third-order valence-electron chi connectivity index (χ3n) is 2.76. The Morgan fingerprint density at radius 3 is 3.11 bits per heavy atom. The summed E-state index contributed by atoms with van der Waals surface area (Å²) in [5.74, 6) is 0. The highest BCUT2D eigenvalue weighted by Crippen LogP contribution is 2.12. The Morgan fingerprint density at radius 2 is 2.39 bits per heavy atom. The molecule has 0 aliphatic rings. The number of aromatic nitrogens is 2. The second-order valence-electron chi connectivity index (χ2n) is 4.36. The number of hydrogen-bond acceptors (Lipinski definition) is 4. The number of ether oxygens (including phenoxy) is 1. The Morgan fingerprint density at radius 1 is 1.50 bits per heavy atom. The predicted molar refractivity (Wildman–Crippen MR) is 75.3 cm³/mol. The van der Waals surface area contributed by atoms with Crippen molar-refractivity contribution in [2.75, 3.05) is 19.8 Å². The highest BCUT2D eigenvalue weighted by molar-refractivity contribution is 7.15. The predicted octanol–water partition coefficient (Wildman–Crippen LogP) is 2.34. The Balaban J connectivity index is 1.92. The monoisotopic (exact) mass is 267 g/mol. The van der Waals surface area contributed by atoms with Crippen molar-refractivity contribution >= 4 is 16.3 Å². The number of nitrogens with one attached hydrogen (secondary N) is 1. The number of hydrogen-bond donors (Lipinski definition) is 1. The smallest absolute Gasteiger partial charge is 0.193 e. The van der Waals surface area contributed by atoms with E-state index in [0.29, 0.717) is 6.04 Å². The lowest BCUT2D eigenvalue weighted by Gasteiger charge is -2.16. The fourth-order valence-electron chi connectivity index (χ4n) is 1.98. The van der Waals surface area contributed by atoms with Crippen molar-refractivity contribution in [1.82, 2.24) is 14.7 Å². The summed E-state index contributed by atoms with van der Waals surface area (Å²) in [6, 6.07) is 0.353. The zero-order valence-electron chi connectivity index (χ0n) is 11.1. The second kappa shape index (κ2) is 6.87. The number of fused-ring (bicyclic) bond motifs is 1. The van der Waals surface area contributed by atoms with Crippen LogP contribution >= 0.6 is 11.3 Å². The Hall–Kier alpha value is -0.910. The van der Waals surface area contributed by atoms with Crippen molar-refractivity contribution < 1.29 is 4.74 Å². The molecule has 0 saturated carbocycles. The van der Waals surface area contributed by atoms with Crippen LogP contribution in [0.2, 0.25) is 0 Å². The first-order valence-electron chi connectivity index (χ1n) is 6.55. The summed E-state index contributed by atoms with van der Waals surface area (Å²) in [6.45, 7) is 6.81. The summed E-state index contributed by atoms with van der Waals surface area (Å²) >= 11 is 1.67. The fourth-order valence-corrected chi connectivity index (χ4v) is 2.69. The van der Waals surface area contributed by atoms with Crippen molar-refractivity contribution in [3.8, 4) is 0 Å². The van der Waals surface area contributed by atoms with Gasteiger partial charge in [-0.3, -0.25) is 4.40 Å². The van der Waals surface area contributed by atoms with Gasteiger partial charge in [0.25, 0.3) is 0 Å². The molecule has 0 fully saturated rings. The van der Waals surface area contributed by atoms with Gasteiger partial charge in [-0.15, -0.1) is 11.3 Å². The summed E-state index contributed by atoms with van der Waals surface area (Å²) in [6.07, 6.45) is 6.15. The van der Waals surface area contributed by atoms with Crippen LogP contribution in [0, 0.1) is 0 Å². The first-order valence-corrected chi connectivity index (χ1v) is 7.43. The van der Waals surface area contributed by atoms with E-state index >= 15 is 0 Å². The van der Waals surface area contributed by atoms with E-state index in [2.05, 4.69) is 40.1 Å². The quantitative estimate of drug-likeness (QED) is 0.746. The van der Waals surface area contributed by atoms with Crippen LogP contribution in [0.5, 0.6) is 0 Å². The van der Waals surface area contributed by atoms with Gasteiger partial charge in [0, 0.05) is 36.8 Å². The van der Waals surface area contributed by atoms with Crippen molar-refractivity contribution in [1.29, 1.82) is 0 Å². The standard InChI is InChI=1S/C13H21N3OS/c1-3-6-17-10-12(14-4-2)8-11-9-16-5-7-18-13(16)15-11/h5,7,9,12,14H,3-4,6,8,10H2,1-2H3. The zero-order chi connectivity index (χ0) is 12.8. The van der Waals surface area contributed by atoms with Gasteiger partial charge < -0.3 is 10.1 Å². The molecule has 0 aliphatic heterocycles. The molecule has 0 bridgehead atoms. The molecule has 1 N–H and O–H groups in total. The van der Waals surface area contributed by atoms with Crippen LogP contribution < -0.4 is 5.32 Å². The number of nitrogens with zero attached hydrogens (tertiary/aromatic N) is 2. The van der Waals surface area contributed by atoms with E-state index in [1.54, 1.807) is 11.3 Å². The van der Waals surface area contributed by atoms with Gasteiger partial charge >= 0.3 is 0 Å². The first-order chi connectivity index (χ1) is 8.83. The summed E-state index contributed by atoms with van der Waals surface area (Å²) in [5.41, 5.74) is 1.13. The topological polar surface area (TPSA) is 38.6 Å². The maximum Gasteiger partial charge on any atom is 0.193 e. The van der Waals surface area contributed by atoms with Gasteiger partial charge in [0.15, 0.2) is 4.96 Å². The lowest BCUT2D eigenvalue weighted by molar-refractivity contribution is 0.112. The number of likely N-dealkylation sites (N-methyl/N-ethyl adjacent to an activating group) is 1. The van der Waals surface area contributed by atoms with Crippen LogP contribution in [0.25, 0.3) is 4.96 Å².